The SMILES string of the molecule is O=[N+]([O-])c1ccc([N][N+]#CC(F)(F)F)cc1. The van der Waals surface area contributed by atoms with Crippen LogP contribution in [0.2, 0.25) is 0 Å². The molecule has 0 N–H and O–H groups in total. The van der Waals surface area contributed by atoms with Gasteiger partial charge in [-0.25, -0.2) is 0 Å². The molecule has 0 amide bonds. The van der Waals surface area contributed by atoms with Crippen molar-refractivity contribution in [3.8, 4) is 6.07 Å². The molecule has 0 spiro atoms. The normalized spacial score (nSPS) is 10.2. The number of nitrogens with zero attached hydrogens (tertiary/aromatic N) is 3. The van der Waals surface area contributed by atoms with Crippen LogP contribution in [0.25, 0.3) is 4.95 Å². The number of nitro groups is 1. The fourth-order valence-electron chi connectivity index (χ4n) is 0.780. The molecular formula is C8H4F3N3O2+. The zero-order valence-corrected chi connectivity index (χ0v) is 7.60. The van der Waals surface area contributed by atoms with Gasteiger partial charge in [0.25, 0.3) is 5.69 Å². The summed E-state index contributed by atoms with van der Waals surface area (Å²) in [5.41, 5.74) is 3.06. The molecule has 0 aliphatic heterocycles. The van der Waals surface area contributed by atoms with Crippen molar-refractivity contribution >= 4 is 11.4 Å². The highest BCUT2D eigenvalue weighted by atomic mass is 19.4. The van der Waals surface area contributed by atoms with Gasteiger partial charge in [0.05, 0.1) is 4.92 Å². The van der Waals surface area contributed by atoms with Crippen LogP contribution in [0.5, 0.6) is 0 Å². The van der Waals surface area contributed by atoms with Crippen LogP contribution < -0.4 is 5.43 Å². The van der Waals surface area contributed by atoms with Gasteiger partial charge in [0, 0.05) is 12.1 Å². The van der Waals surface area contributed by atoms with Crippen LogP contribution in [0.15, 0.2) is 24.3 Å². The van der Waals surface area contributed by atoms with E-state index in [2.05, 4.69) is 10.4 Å². The van der Waals surface area contributed by atoms with Crippen molar-refractivity contribution in [3.63, 3.8) is 0 Å². The van der Waals surface area contributed by atoms with Gasteiger partial charge in [-0.3, -0.25) is 10.1 Å². The number of non-ortho nitro benzene ring substituents is 1. The first kappa shape index (κ1) is 11.8. The summed E-state index contributed by atoms with van der Waals surface area (Å²) in [7, 11) is 0. The minimum Gasteiger partial charge on any atom is -0.258 e. The molecule has 0 atom stereocenters. The van der Waals surface area contributed by atoms with Crippen LogP contribution in [-0.4, -0.2) is 11.1 Å². The van der Waals surface area contributed by atoms with E-state index >= 15 is 0 Å². The summed E-state index contributed by atoms with van der Waals surface area (Å²) in [6.45, 7) is 0. The lowest BCUT2D eigenvalue weighted by atomic mass is 10.3. The Labute approximate surface area is 87.4 Å². The average molecular weight is 231 g/mol. The maximum atomic E-state index is 11.6. The second-order valence-electron chi connectivity index (χ2n) is 2.58. The molecule has 1 aromatic rings. The Morgan fingerprint density at radius 1 is 1.31 bits per heavy atom. The Morgan fingerprint density at radius 2 is 1.88 bits per heavy atom. The highest BCUT2D eigenvalue weighted by Crippen LogP contribution is 2.16. The van der Waals surface area contributed by atoms with Gasteiger partial charge in [0.1, 0.15) is 10.4 Å². The van der Waals surface area contributed by atoms with Crippen LogP contribution >= 0.6 is 0 Å². The molecule has 1 rings (SSSR count). The van der Waals surface area contributed by atoms with E-state index in [1.165, 1.54) is 12.1 Å². The predicted molar refractivity (Wildman–Crippen MR) is 48.2 cm³/mol. The van der Waals surface area contributed by atoms with Gasteiger partial charge in [-0.15, -0.1) is 0 Å². The van der Waals surface area contributed by atoms with Crippen molar-refractivity contribution in [2.24, 2.45) is 0 Å². The molecule has 1 aromatic carbocycles. The lowest BCUT2D eigenvalue weighted by Crippen LogP contribution is -2.01. The Kier molecular flexibility index (Phi) is 3.30. The second-order valence-corrected chi connectivity index (χ2v) is 2.58. The van der Waals surface area contributed by atoms with Gasteiger partial charge >= 0.3 is 12.2 Å². The van der Waals surface area contributed by atoms with Crippen LogP contribution in [0.4, 0.5) is 24.5 Å². The van der Waals surface area contributed by atoms with E-state index in [4.69, 9.17) is 0 Å². The molecule has 5 nitrogen and oxygen atoms in total. The lowest BCUT2D eigenvalue weighted by molar-refractivity contribution is -0.384. The summed E-state index contributed by atoms with van der Waals surface area (Å²) in [5, 5.41) is 10.2. The Balaban J connectivity index is 2.69. The molecule has 0 aliphatic rings. The fourth-order valence-corrected chi connectivity index (χ4v) is 0.780. The third-order valence-corrected chi connectivity index (χ3v) is 1.40. The van der Waals surface area contributed by atoms with E-state index in [0.717, 1.165) is 18.2 Å². The molecule has 0 bridgehead atoms. The van der Waals surface area contributed by atoms with Crippen molar-refractivity contribution in [2.45, 2.75) is 6.18 Å². The average Bonchev–Trinajstić information content (AvgIpc) is 2.16. The number of hydrogen-bond acceptors (Lipinski definition) is 2. The maximum absolute atomic E-state index is 11.6. The highest BCUT2D eigenvalue weighted by molar-refractivity contribution is 5.43. The van der Waals surface area contributed by atoms with Crippen molar-refractivity contribution in [3.05, 3.63) is 39.3 Å². The van der Waals surface area contributed by atoms with E-state index in [0.29, 0.717) is 0 Å². The molecular weight excluding hydrogens is 227 g/mol. The number of benzene rings is 1. The van der Waals surface area contributed by atoms with Crippen LogP contribution in [0.1, 0.15) is 0 Å². The van der Waals surface area contributed by atoms with Crippen LogP contribution in [0.3, 0.4) is 0 Å². The van der Waals surface area contributed by atoms with Gasteiger partial charge in [0.2, 0.25) is 0 Å². The first-order valence-electron chi connectivity index (χ1n) is 3.87. The molecule has 0 saturated heterocycles. The number of nitro benzene ring substituents is 1. The molecule has 0 aliphatic carbocycles. The van der Waals surface area contributed by atoms with Crippen LogP contribution in [-0.2, 0) is 0 Å². The van der Waals surface area contributed by atoms with E-state index in [1.807, 2.05) is 0 Å². The smallest absolute Gasteiger partial charge is 0.258 e. The second kappa shape index (κ2) is 4.48. The van der Waals surface area contributed by atoms with E-state index in [1.54, 1.807) is 0 Å². The van der Waals surface area contributed by atoms with Gasteiger partial charge in [0.15, 0.2) is 5.69 Å². The van der Waals surface area contributed by atoms with E-state index in [-0.39, 0.29) is 11.4 Å². The Bertz CT molecular complexity index is 444. The minimum absolute atomic E-state index is 0.0716. The molecule has 8 heteroatoms. The first-order valence-corrected chi connectivity index (χ1v) is 3.87. The summed E-state index contributed by atoms with van der Waals surface area (Å²) in [6.07, 6.45) is -4.65. The zero-order valence-electron chi connectivity index (χ0n) is 7.60. The molecule has 16 heavy (non-hydrogen) atoms. The molecule has 0 aromatic heterocycles. The number of halogens is 3. The fraction of sp³-hybridized carbons (Fsp3) is 0.125. The predicted octanol–water partition coefficient (Wildman–Crippen LogP) is 2.64. The lowest BCUT2D eigenvalue weighted by Gasteiger charge is -1.88. The summed E-state index contributed by atoms with van der Waals surface area (Å²) >= 11 is 0. The molecule has 0 unspecified atom stereocenters. The van der Waals surface area contributed by atoms with Gasteiger partial charge in [-0.2, -0.15) is 13.2 Å². The first-order chi connectivity index (χ1) is 7.38. The van der Waals surface area contributed by atoms with Crippen LogP contribution in [0, 0.1) is 16.2 Å². The Morgan fingerprint density at radius 3 is 2.31 bits per heavy atom. The molecule has 0 heterocycles. The van der Waals surface area contributed by atoms with Crippen molar-refractivity contribution in [1.29, 1.82) is 0 Å². The van der Waals surface area contributed by atoms with E-state index < -0.39 is 11.1 Å². The summed E-state index contributed by atoms with van der Waals surface area (Å²) in [4.78, 5) is 12.3. The quantitative estimate of drug-likeness (QED) is 0.580. The topological polar surface area (TPSA) is 61.6 Å². The third kappa shape index (κ3) is 3.83. The summed E-state index contributed by atoms with van der Waals surface area (Å²) in [6, 6.07) is 5.42. The molecule has 1 radical (unpaired) electrons. The number of rotatable bonds is 2. The van der Waals surface area contributed by atoms with Crippen molar-refractivity contribution in [2.75, 3.05) is 0 Å². The molecule has 83 valence electrons. The van der Waals surface area contributed by atoms with Gasteiger partial charge in [-0.1, -0.05) is 0 Å². The van der Waals surface area contributed by atoms with Gasteiger partial charge < -0.3 is 0 Å². The molecule has 0 saturated carbocycles. The largest absolute Gasteiger partial charge is 0.534 e. The monoisotopic (exact) mass is 231 g/mol. The third-order valence-electron chi connectivity index (χ3n) is 1.40. The van der Waals surface area contributed by atoms with Crippen molar-refractivity contribution in [1.82, 2.24) is 5.43 Å². The summed E-state index contributed by atoms with van der Waals surface area (Å²) < 4.78 is 34.7. The summed E-state index contributed by atoms with van der Waals surface area (Å²) in [5.74, 6) is 0. The Hall–Kier alpha value is -2.30. The molecule has 0 fully saturated rings. The minimum atomic E-state index is -4.65. The highest BCUT2D eigenvalue weighted by Gasteiger charge is 2.34. The van der Waals surface area contributed by atoms with Crippen molar-refractivity contribution < 1.29 is 18.1 Å². The van der Waals surface area contributed by atoms with E-state index in [9.17, 15) is 23.3 Å². The number of alkyl halides is 3. The standard InChI is InChI=1S/C8H4F3N3O2/c9-8(10,11)5-12-13-6-1-3-7(4-2-6)14(15)16/h1-4H/q+1. The van der Waals surface area contributed by atoms with Gasteiger partial charge in [-0.05, 0) is 12.1 Å². The number of hydrogen-bond donors (Lipinski definition) is 0. The maximum Gasteiger partial charge on any atom is 0.534 e. The zero-order chi connectivity index (χ0) is 12.2.